The van der Waals surface area contributed by atoms with Gasteiger partial charge < -0.3 is 10.1 Å². The van der Waals surface area contributed by atoms with E-state index in [9.17, 15) is 0 Å². The molecular weight excluding hydrogens is 254 g/mol. The molecule has 1 aromatic heterocycles. The zero-order valence-electron chi connectivity index (χ0n) is 13.0. The van der Waals surface area contributed by atoms with Crippen molar-refractivity contribution in [2.75, 3.05) is 33.3 Å². The summed E-state index contributed by atoms with van der Waals surface area (Å²) in [6.07, 6.45) is 2.70. The van der Waals surface area contributed by atoms with E-state index in [0.717, 1.165) is 38.5 Å². The molecule has 0 bridgehead atoms. The lowest BCUT2D eigenvalue weighted by Crippen LogP contribution is -2.52. The van der Waals surface area contributed by atoms with Crippen molar-refractivity contribution in [3.05, 3.63) is 12.2 Å². The number of likely N-dealkylation sites (N-methyl/N-ethyl adjacent to an activating group) is 2. The Morgan fingerprint density at radius 2 is 2.30 bits per heavy atom. The summed E-state index contributed by atoms with van der Waals surface area (Å²) in [6, 6.07) is 0.607. The molecule has 2 unspecified atom stereocenters. The maximum absolute atomic E-state index is 5.95. The van der Waals surface area contributed by atoms with E-state index in [1.54, 1.807) is 6.33 Å². The van der Waals surface area contributed by atoms with Gasteiger partial charge >= 0.3 is 0 Å². The van der Waals surface area contributed by atoms with Gasteiger partial charge in [-0.25, -0.2) is 9.67 Å². The number of rotatable bonds is 6. The van der Waals surface area contributed by atoms with Crippen LogP contribution in [0.25, 0.3) is 0 Å². The van der Waals surface area contributed by atoms with Gasteiger partial charge in [0.15, 0.2) is 0 Å². The Morgan fingerprint density at radius 3 is 2.95 bits per heavy atom. The minimum Gasteiger partial charge on any atom is -0.374 e. The maximum atomic E-state index is 5.95. The molecule has 0 amide bonds. The Kier molecular flexibility index (Phi) is 5.51. The SMILES string of the molecule is CCN1CCOC(C(Cc2ncnn2C(C)C)NC)C1. The molecule has 2 rings (SSSR count). The first kappa shape index (κ1) is 15.4. The van der Waals surface area contributed by atoms with Crippen molar-refractivity contribution in [2.24, 2.45) is 0 Å². The minimum atomic E-state index is 0.214. The highest BCUT2D eigenvalue weighted by atomic mass is 16.5. The van der Waals surface area contributed by atoms with E-state index in [2.05, 4.69) is 41.1 Å². The lowest BCUT2D eigenvalue weighted by atomic mass is 10.1. The molecule has 0 aliphatic carbocycles. The van der Waals surface area contributed by atoms with Crippen LogP contribution in [0.15, 0.2) is 6.33 Å². The number of hydrogen-bond donors (Lipinski definition) is 1. The summed E-state index contributed by atoms with van der Waals surface area (Å²) >= 11 is 0. The predicted octanol–water partition coefficient (Wildman–Crippen LogP) is 0.710. The van der Waals surface area contributed by atoms with E-state index in [0.29, 0.717) is 6.04 Å². The number of aromatic nitrogens is 3. The monoisotopic (exact) mass is 281 g/mol. The van der Waals surface area contributed by atoms with Crippen LogP contribution in [-0.2, 0) is 11.2 Å². The van der Waals surface area contributed by atoms with Crippen LogP contribution >= 0.6 is 0 Å². The topological polar surface area (TPSA) is 55.2 Å². The standard InChI is InChI=1S/C14H27N5O/c1-5-18-6-7-20-13(9-18)12(15-4)8-14-16-10-17-19(14)11(2)3/h10-13,15H,5-9H2,1-4H3. The van der Waals surface area contributed by atoms with Gasteiger partial charge in [-0.3, -0.25) is 4.90 Å². The second-order valence-corrected chi connectivity index (χ2v) is 5.62. The van der Waals surface area contributed by atoms with E-state index in [1.807, 2.05) is 11.7 Å². The molecule has 0 aromatic carbocycles. The molecule has 0 radical (unpaired) electrons. The summed E-state index contributed by atoms with van der Waals surface area (Å²) in [5.74, 6) is 1.02. The van der Waals surface area contributed by atoms with Gasteiger partial charge in [0.25, 0.3) is 0 Å². The van der Waals surface area contributed by atoms with E-state index < -0.39 is 0 Å². The zero-order chi connectivity index (χ0) is 14.5. The number of morpholine rings is 1. The molecule has 20 heavy (non-hydrogen) atoms. The number of nitrogens with zero attached hydrogens (tertiary/aromatic N) is 4. The highest BCUT2D eigenvalue weighted by molar-refractivity contribution is 4.95. The van der Waals surface area contributed by atoms with E-state index in [-0.39, 0.29) is 12.1 Å². The lowest BCUT2D eigenvalue weighted by Gasteiger charge is -2.36. The fraction of sp³-hybridized carbons (Fsp3) is 0.857. The van der Waals surface area contributed by atoms with Crippen molar-refractivity contribution in [3.8, 4) is 0 Å². The van der Waals surface area contributed by atoms with Crippen LogP contribution in [-0.4, -0.2) is 65.1 Å². The van der Waals surface area contributed by atoms with Crippen LogP contribution in [0.2, 0.25) is 0 Å². The molecule has 1 saturated heterocycles. The van der Waals surface area contributed by atoms with E-state index >= 15 is 0 Å². The van der Waals surface area contributed by atoms with Gasteiger partial charge in [0.05, 0.1) is 12.7 Å². The van der Waals surface area contributed by atoms with E-state index in [1.165, 1.54) is 0 Å². The first-order chi connectivity index (χ1) is 9.65. The van der Waals surface area contributed by atoms with Gasteiger partial charge in [-0.2, -0.15) is 5.10 Å². The van der Waals surface area contributed by atoms with Gasteiger partial charge in [-0.05, 0) is 27.4 Å². The molecule has 0 saturated carbocycles. The largest absolute Gasteiger partial charge is 0.374 e. The fourth-order valence-corrected chi connectivity index (χ4v) is 2.73. The quantitative estimate of drug-likeness (QED) is 0.832. The zero-order valence-corrected chi connectivity index (χ0v) is 13.0. The Balaban J connectivity index is 2.03. The Bertz CT molecular complexity index is 406. The molecule has 0 spiro atoms. The molecule has 1 N–H and O–H groups in total. The van der Waals surface area contributed by atoms with Gasteiger partial charge in [-0.15, -0.1) is 0 Å². The van der Waals surface area contributed by atoms with Gasteiger partial charge in [-0.1, -0.05) is 6.92 Å². The molecule has 2 heterocycles. The number of nitrogens with one attached hydrogen (secondary N) is 1. The van der Waals surface area contributed by atoms with Crippen LogP contribution in [0, 0.1) is 0 Å². The second kappa shape index (κ2) is 7.15. The van der Waals surface area contributed by atoms with Crippen molar-refractivity contribution in [1.29, 1.82) is 0 Å². The third-order valence-electron chi connectivity index (χ3n) is 3.98. The van der Waals surface area contributed by atoms with Gasteiger partial charge in [0.1, 0.15) is 12.2 Å². The van der Waals surface area contributed by atoms with Gasteiger partial charge in [0, 0.05) is 31.6 Å². The van der Waals surface area contributed by atoms with Crippen molar-refractivity contribution >= 4 is 0 Å². The lowest BCUT2D eigenvalue weighted by molar-refractivity contribution is -0.0440. The minimum absolute atomic E-state index is 0.214. The van der Waals surface area contributed by atoms with Crippen LogP contribution in [0.3, 0.4) is 0 Å². The molecule has 114 valence electrons. The number of hydrogen-bond acceptors (Lipinski definition) is 5. The molecule has 1 aliphatic rings. The van der Waals surface area contributed by atoms with Crippen LogP contribution < -0.4 is 5.32 Å². The summed E-state index contributed by atoms with van der Waals surface area (Å²) in [5.41, 5.74) is 0. The Labute approximate surface area is 121 Å². The first-order valence-electron chi connectivity index (χ1n) is 7.55. The summed E-state index contributed by atoms with van der Waals surface area (Å²) in [4.78, 5) is 6.84. The average molecular weight is 281 g/mol. The van der Waals surface area contributed by atoms with Crippen molar-refractivity contribution < 1.29 is 4.74 Å². The van der Waals surface area contributed by atoms with Crippen LogP contribution in [0.1, 0.15) is 32.6 Å². The smallest absolute Gasteiger partial charge is 0.138 e. The van der Waals surface area contributed by atoms with Gasteiger partial charge in [0.2, 0.25) is 0 Å². The normalized spacial score (nSPS) is 22.4. The fourth-order valence-electron chi connectivity index (χ4n) is 2.73. The summed E-state index contributed by atoms with van der Waals surface area (Å²) < 4.78 is 7.94. The third-order valence-corrected chi connectivity index (χ3v) is 3.98. The molecule has 6 nitrogen and oxygen atoms in total. The predicted molar refractivity (Wildman–Crippen MR) is 78.8 cm³/mol. The highest BCUT2D eigenvalue weighted by Crippen LogP contribution is 2.14. The average Bonchev–Trinajstić information content (AvgIpc) is 2.93. The number of ether oxygens (including phenoxy) is 1. The maximum Gasteiger partial charge on any atom is 0.138 e. The summed E-state index contributed by atoms with van der Waals surface area (Å²) in [6.45, 7) is 10.4. The third kappa shape index (κ3) is 3.56. The van der Waals surface area contributed by atoms with Crippen molar-refractivity contribution in [1.82, 2.24) is 25.0 Å². The first-order valence-corrected chi connectivity index (χ1v) is 7.55. The molecule has 1 fully saturated rings. The van der Waals surface area contributed by atoms with Crippen LogP contribution in [0.4, 0.5) is 0 Å². The Morgan fingerprint density at radius 1 is 1.50 bits per heavy atom. The molecular formula is C14H27N5O. The van der Waals surface area contributed by atoms with Crippen molar-refractivity contribution in [2.45, 2.75) is 45.4 Å². The molecule has 1 aromatic rings. The Hall–Kier alpha value is -0.980. The van der Waals surface area contributed by atoms with E-state index in [4.69, 9.17) is 4.74 Å². The molecule has 6 heteroatoms. The van der Waals surface area contributed by atoms with Crippen molar-refractivity contribution in [3.63, 3.8) is 0 Å². The molecule has 1 aliphatic heterocycles. The summed E-state index contributed by atoms with van der Waals surface area (Å²) in [7, 11) is 2.00. The molecule has 2 atom stereocenters. The van der Waals surface area contributed by atoms with Crippen LogP contribution in [0.5, 0.6) is 0 Å². The highest BCUT2D eigenvalue weighted by Gasteiger charge is 2.28. The summed E-state index contributed by atoms with van der Waals surface area (Å²) in [5, 5.41) is 7.69. The second-order valence-electron chi connectivity index (χ2n) is 5.62.